The van der Waals surface area contributed by atoms with Crippen molar-refractivity contribution < 1.29 is 24.0 Å². The van der Waals surface area contributed by atoms with Gasteiger partial charge in [-0.2, -0.15) is 0 Å². The lowest BCUT2D eigenvalue weighted by molar-refractivity contribution is -0.385. The van der Waals surface area contributed by atoms with Crippen molar-refractivity contribution in [2.75, 3.05) is 14.2 Å². The Hall–Kier alpha value is -3.94. The van der Waals surface area contributed by atoms with E-state index < -0.39 is 22.8 Å². The van der Waals surface area contributed by atoms with Crippen LogP contribution in [0.25, 0.3) is 10.8 Å². The van der Waals surface area contributed by atoms with Crippen molar-refractivity contribution in [3.63, 3.8) is 0 Å². The largest absolute Gasteiger partial charge is 0.490 e. The van der Waals surface area contributed by atoms with Crippen LogP contribution in [-0.2, 0) is 16.0 Å². The fourth-order valence-electron chi connectivity index (χ4n) is 3.24. The Balaban J connectivity index is 1.88. The van der Waals surface area contributed by atoms with Gasteiger partial charge in [0.2, 0.25) is 0 Å². The summed E-state index contributed by atoms with van der Waals surface area (Å²) in [5, 5.41) is 15.6. The van der Waals surface area contributed by atoms with Crippen LogP contribution >= 0.6 is 0 Å². The van der Waals surface area contributed by atoms with Crippen LogP contribution in [0.2, 0.25) is 0 Å². The van der Waals surface area contributed by atoms with Gasteiger partial charge in [-0.3, -0.25) is 14.9 Å². The van der Waals surface area contributed by atoms with Crippen molar-refractivity contribution in [1.29, 1.82) is 0 Å². The topological polar surface area (TPSA) is 108 Å². The first-order valence-corrected chi connectivity index (χ1v) is 9.12. The van der Waals surface area contributed by atoms with Crippen molar-refractivity contribution in [1.82, 2.24) is 5.32 Å². The highest BCUT2D eigenvalue weighted by molar-refractivity contribution is 6.08. The first-order chi connectivity index (χ1) is 14.4. The van der Waals surface area contributed by atoms with Crippen LogP contribution in [0.4, 0.5) is 5.69 Å². The predicted octanol–water partition coefficient (Wildman–Crippen LogP) is 3.27. The van der Waals surface area contributed by atoms with Gasteiger partial charge in [-0.25, -0.2) is 4.79 Å². The van der Waals surface area contributed by atoms with E-state index in [1.807, 2.05) is 30.3 Å². The number of esters is 1. The number of nitro benzene ring substituents is 1. The van der Waals surface area contributed by atoms with Gasteiger partial charge in [-0.1, -0.05) is 42.5 Å². The number of methoxy groups -OCH3 is 2. The minimum absolute atomic E-state index is 0.0218. The number of ether oxygens (including phenoxy) is 2. The van der Waals surface area contributed by atoms with E-state index in [1.165, 1.54) is 26.4 Å². The average Bonchev–Trinajstić information content (AvgIpc) is 2.77. The van der Waals surface area contributed by atoms with Crippen molar-refractivity contribution in [2.24, 2.45) is 0 Å². The summed E-state index contributed by atoms with van der Waals surface area (Å²) in [5.41, 5.74) is 0.679. The molecule has 1 atom stereocenters. The summed E-state index contributed by atoms with van der Waals surface area (Å²) in [6.45, 7) is 0. The van der Waals surface area contributed by atoms with Crippen LogP contribution in [-0.4, -0.2) is 37.1 Å². The summed E-state index contributed by atoms with van der Waals surface area (Å²) in [6.07, 6.45) is 0.0218. The number of nitro groups is 1. The Kier molecular flexibility index (Phi) is 6.26. The molecule has 3 rings (SSSR count). The smallest absolute Gasteiger partial charge is 0.328 e. The lowest BCUT2D eigenvalue weighted by atomic mass is 10.0. The molecular formula is C22H20N2O6. The van der Waals surface area contributed by atoms with Crippen molar-refractivity contribution >= 4 is 28.3 Å². The molecule has 0 saturated heterocycles. The van der Waals surface area contributed by atoms with Gasteiger partial charge in [0.05, 0.1) is 19.1 Å². The van der Waals surface area contributed by atoms with Gasteiger partial charge >= 0.3 is 11.7 Å². The van der Waals surface area contributed by atoms with Crippen molar-refractivity contribution in [3.8, 4) is 5.75 Å². The van der Waals surface area contributed by atoms with E-state index in [9.17, 15) is 19.7 Å². The van der Waals surface area contributed by atoms with E-state index in [0.717, 1.165) is 10.8 Å². The van der Waals surface area contributed by atoms with E-state index in [4.69, 9.17) is 9.47 Å². The fraction of sp³-hybridized carbons (Fsp3) is 0.182. The molecule has 0 radical (unpaired) electrons. The molecule has 0 saturated carbocycles. The summed E-state index contributed by atoms with van der Waals surface area (Å²) < 4.78 is 9.81. The number of hydrogen-bond acceptors (Lipinski definition) is 6. The summed E-state index contributed by atoms with van der Waals surface area (Å²) in [6, 6.07) is 16.1. The van der Waals surface area contributed by atoms with Crippen LogP contribution < -0.4 is 10.1 Å². The highest BCUT2D eigenvalue weighted by atomic mass is 16.6. The third-order valence-electron chi connectivity index (χ3n) is 4.71. The zero-order chi connectivity index (χ0) is 21.7. The first-order valence-electron chi connectivity index (χ1n) is 9.12. The minimum atomic E-state index is -1.02. The molecule has 8 heteroatoms. The van der Waals surface area contributed by atoms with E-state index >= 15 is 0 Å². The summed E-state index contributed by atoms with van der Waals surface area (Å²) in [4.78, 5) is 35.9. The molecule has 0 heterocycles. The molecule has 1 amide bonds. The van der Waals surface area contributed by atoms with E-state index in [2.05, 4.69) is 5.32 Å². The van der Waals surface area contributed by atoms with Crippen LogP contribution in [0.1, 0.15) is 15.9 Å². The zero-order valence-electron chi connectivity index (χ0n) is 16.5. The molecule has 8 nitrogen and oxygen atoms in total. The number of benzene rings is 3. The molecule has 1 N–H and O–H groups in total. The minimum Gasteiger partial charge on any atom is -0.490 e. The monoisotopic (exact) mass is 408 g/mol. The maximum Gasteiger partial charge on any atom is 0.328 e. The third kappa shape index (κ3) is 4.38. The third-order valence-corrected chi connectivity index (χ3v) is 4.71. The molecule has 154 valence electrons. The van der Waals surface area contributed by atoms with Crippen LogP contribution in [0, 0.1) is 10.1 Å². The van der Waals surface area contributed by atoms with Gasteiger partial charge in [0.25, 0.3) is 5.91 Å². The van der Waals surface area contributed by atoms with Gasteiger partial charge in [0, 0.05) is 18.1 Å². The molecule has 0 spiro atoms. The SMILES string of the molecule is COC(=O)[C@H](Cc1ccc(OC)c([N+](=O)[O-])c1)NC(=O)c1cccc2ccccc12. The highest BCUT2D eigenvalue weighted by Gasteiger charge is 2.25. The number of hydrogen-bond donors (Lipinski definition) is 1. The molecule has 3 aromatic rings. The van der Waals surface area contributed by atoms with E-state index in [0.29, 0.717) is 11.1 Å². The molecule has 3 aromatic carbocycles. The summed E-state index contributed by atoms with van der Waals surface area (Å²) in [5.74, 6) is -0.981. The molecule has 0 aromatic heterocycles. The lowest BCUT2D eigenvalue weighted by Gasteiger charge is -2.17. The standard InChI is InChI=1S/C22H20N2O6/c1-29-20-11-10-14(13-19(20)24(27)28)12-18(22(26)30-2)23-21(25)17-9-5-7-15-6-3-4-8-16(15)17/h3-11,13,18H,12H2,1-2H3,(H,23,25)/t18-/m0/s1. The first kappa shape index (κ1) is 20.8. The van der Waals surface area contributed by atoms with Crippen molar-refractivity contribution in [3.05, 3.63) is 81.9 Å². The van der Waals surface area contributed by atoms with Crippen LogP contribution in [0.15, 0.2) is 60.7 Å². The number of nitrogens with zero attached hydrogens (tertiary/aromatic N) is 1. The van der Waals surface area contributed by atoms with E-state index in [-0.39, 0.29) is 17.9 Å². The van der Waals surface area contributed by atoms with Gasteiger partial charge < -0.3 is 14.8 Å². The molecule has 0 bridgehead atoms. The number of carbonyl (C=O) groups is 2. The Morgan fingerprint density at radius 1 is 1.07 bits per heavy atom. The Morgan fingerprint density at radius 2 is 1.80 bits per heavy atom. The average molecular weight is 408 g/mol. The van der Waals surface area contributed by atoms with Crippen LogP contribution in [0.3, 0.4) is 0 Å². The van der Waals surface area contributed by atoms with Crippen LogP contribution in [0.5, 0.6) is 5.75 Å². The number of rotatable bonds is 7. The Morgan fingerprint density at radius 3 is 2.50 bits per heavy atom. The Labute approximate surface area is 172 Å². The highest BCUT2D eigenvalue weighted by Crippen LogP contribution is 2.28. The molecule has 30 heavy (non-hydrogen) atoms. The quantitative estimate of drug-likeness (QED) is 0.365. The normalized spacial score (nSPS) is 11.5. The van der Waals surface area contributed by atoms with Gasteiger partial charge in [-0.05, 0) is 28.5 Å². The number of carbonyl (C=O) groups excluding carboxylic acids is 2. The number of amides is 1. The Bertz CT molecular complexity index is 1110. The molecule has 0 unspecified atom stereocenters. The number of fused-ring (bicyclic) bond motifs is 1. The molecule has 0 aliphatic rings. The second kappa shape index (κ2) is 9.04. The zero-order valence-corrected chi connectivity index (χ0v) is 16.5. The molecule has 0 fully saturated rings. The predicted molar refractivity (Wildman–Crippen MR) is 111 cm³/mol. The summed E-state index contributed by atoms with van der Waals surface area (Å²) in [7, 11) is 2.56. The maximum absolute atomic E-state index is 12.9. The molecular weight excluding hydrogens is 388 g/mol. The lowest BCUT2D eigenvalue weighted by Crippen LogP contribution is -2.43. The maximum atomic E-state index is 12.9. The second-order valence-corrected chi connectivity index (χ2v) is 6.54. The van der Waals surface area contributed by atoms with Gasteiger partial charge in [-0.15, -0.1) is 0 Å². The molecule has 0 aliphatic carbocycles. The second-order valence-electron chi connectivity index (χ2n) is 6.54. The van der Waals surface area contributed by atoms with Gasteiger partial charge in [0.1, 0.15) is 6.04 Å². The fourth-order valence-corrected chi connectivity index (χ4v) is 3.24. The molecule has 0 aliphatic heterocycles. The summed E-state index contributed by atoms with van der Waals surface area (Å²) >= 11 is 0. The number of nitrogens with one attached hydrogen (secondary N) is 1. The van der Waals surface area contributed by atoms with Crippen molar-refractivity contribution in [2.45, 2.75) is 12.5 Å². The van der Waals surface area contributed by atoms with E-state index in [1.54, 1.807) is 18.2 Å². The van der Waals surface area contributed by atoms with Gasteiger partial charge in [0.15, 0.2) is 5.75 Å².